The number of hydrogen-bond donors (Lipinski definition) is 1. The highest BCUT2D eigenvalue weighted by Gasteiger charge is 2.14. The second-order valence-electron chi connectivity index (χ2n) is 4.17. The molecule has 5 nitrogen and oxygen atoms in total. The van der Waals surface area contributed by atoms with Crippen molar-refractivity contribution in [3.8, 4) is 17.0 Å². The number of methoxy groups -OCH3 is 1. The maximum atomic E-state index is 11.0. The minimum absolute atomic E-state index is 0.0688. The maximum absolute atomic E-state index is 11.0. The Labute approximate surface area is 111 Å². The molecule has 0 aliphatic rings. The Morgan fingerprint density at radius 2 is 2.05 bits per heavy atom. The fourth-order valence-electron chi connectivity index (χ4n) is 1.90. The Kier molecular flexibility index (Phi) is 3.85. The molecular weight excluding hydrogens is 244 g/mol. The largest absolute Gasteiger partial charge is 0.497 e. The predicted molar refractivity (Wildman–Crippen MR) is 71.5 cm³/mol. The highest BCUT2D eigenvalue weighted by atomic mass is 16.5. The van der Waals surface area contributed by atoms with Gasteiger partial charge in [-0.1, -0.05) is 6.92 Å². The molecule has 5 heteroatoms. The van der Waals surface area contributed by atoms with E-state index in [2.05, 4.69) is 5.10 Å². The Balaban J connectivity index is 2.43. The minimum atomic E-state index is -1.01. The van der Waals surface area contributed by atoms with Gasteiger partial charge in [-0.15, -0.1) is 0 Å². The van der Waals surface area contributed by atoms with Gasteiger partial charge in [-0.25, -0.2) is 4.79 Å². The first kappa shape index (κ1) is 13.1. The molecule has 1 aromatic carbocycles. The second kappa shape index (κ2) is 5.56. The number of carboxylic acid groups (broad SMARTS) is 1. The van der Waals surface area contributed by atoms with Gasteiger partial charge in [0.25, 0.3) is 0 Å². The molecule has 100 valence electrons. The SMILES string of the molecule is CCCn1nc(C(=O)O)cc1-c1ccc(OC)cc1. The van der Waals surface area contributed by atoms with Crippen LogP contribution in [-0.2, 0) is 6.54 Å². The fourth-order valence-corrected chi connectivity index (χ4v) is 1.90. The summed E-state index contributed by atoms with van der Waals surface area (Å²) in [6, 6.07) is 9.08. The average molecular weight is 260 g/mol. The van der Waals surface area contributed by atoms with Crippen LogP contribution in [0.5, 0.6) is 5.75 Å². The Morgan fingerprint density at radius 1 is 1.37 bits per heavy atom. The van der Waals surface area contributed by atoms with E-state index >= 15 is 0 Å². The summed E-state index contributed by atoms with van der Waals surface area (Å²) in [5, 5.41) is 13.1. The summed E-state index contributed by atoms with van der Waals surface area (Å²) in [6.07, 6.45) is 0.893. The molecule has 0 saturated heterocycles. The van der Waals surface area contributed by atoms with Crippen LogP contribution in [0.3, 0.4) is 0 Å². The van der Waals surface area contributed by atoms with Crippen molar-refractivity contribution < 1.29 is 14.6 Å². The van der Waals surface area contributed by atoms with Crippen LogP contribution in [0, 0.1) is 0 Å². The number of aromatic nitrogens is 2. The third-order valence-electron chi connectivity index (χ3n) is 2.82. The molecule has 0 atom stereocenters. The van der Waals surface area contributed by atoms with Crippen molar-refractivity contribution in [3.63, 3.8) is 0 Å². The number of benzene rings is 1. The van der Waals surface area contributed by atoms with Crippen molar-refractivity contribution >= 4 is 5.97 Å². The molecule has 1 N–H and O–H groups in total. The standard InChI is InChI=1S/C14H16N2O3/c1-3-8-16-13(9-12(15-16)14(17)18)10-4-6-11(19-2)7-5-10/h4-7,9H,3,8H2,1-2H3,(H,17,18). The summed E-state index contributed by atoms with van der Waals surface area (Å²) in [7, 11) is 1.61. The molecule has 0 saturated carbocycles. The Bertz CT molecular complexity index is 573. The van der Waals surface area contributed by atoms with Crippen LogP contribution in [0.2, 0.25) is 0 Å². The maximum Gasteiger partial charge on any atom is 0.356 e. The molecule has 0 fully saturated rings. The van der Waals surface area contributed by atoms with Gasteiger partial charge in [-0.3, -0.25) is 4.68 Å². The summed E-state index contributed by atoms with van der Waals surface area (Å²) in [5.74, 6) is -0.242. The van der Waals surface area contributed by atoms with Gasteiger partial charge < -0.3 is 9.84 Å². The van der Waals surface area contributed by atoms with Gasteiger partial charge >= 0.3 is 5.97 Å². The smallest absolute Gasteiger partial charge is 0.356 e. The first-order chi connectivity index (χ1) is 9.15. The van der Waals surface area contributed by atoms with Gasteiger partial charge in [0.05, 0.1) is 12.8 Å². The third kappa shape index (κ3) is 2.76. The van der Waals surface area contributed by atoms with Crippen LogP contribution in [0.4, 0.5) is 0 Å². The average Bonchev–Trinajstić information content (AvgIpc) is 2.84. The molecule has 0 radical (unpaired) electrons. The van der Waals surface area contributed by atoms with Gasteiger partial charge in [0.2, 0.25) is 0 Å². The normalized spacial score (nSPS) is 10.4. The number of carbonyl (C=O) groups is 1. The molecule has 19 heavy (non-hydrogen) atoms. The predicted octanol–water partition coefficient (Wildman–Crippen LogP) is 2.67. The zero-order chi connectivity index (χ0) is 13.8. The Morgan fingerprint density at radius 3 is 2.58 bits per heavy atom. The van der Waals surface area contributed by atoms with Gasteiger partial charge in [-0.05, 0) is 36.8 Å². The van der Waals surface area contributed by atoms with E-state index in [9.17, 15) is 4.79 Å². The molecular formula is C14H16N2O3. The molecule has 2 rings (SSSR count). The van der Waals surface area contributed by atoms with E-state index in [0.29, 0.717) is 6.54 Å². The zero-order valence-electron chi connectivity index (χ0n) is 11.0. The van der Waals surface area contributed by atoms with Crippen LogP contribution >= 0.6 is 0 Å². The lowest BCUT2D eigenvalue weighted by atomic mass is 10.1. The molecule has 0 aliphatic heterocycles. The monoisotopic (exact) mass is 260 g/mol. The first-order valence-electron chi connectivity index (χ1n) is 6.11. The van der Waals surface area contributed by atoms with E-state index in [4.69, 9.17) is 9.84 Å². The van der Waals surface area contributed by atoms with Crippen molar-refractivity contribution in [3.05, 3.63) is 36.0 Å². The van der Waals surface area contributed by atoms with Crippen LogP contribution in [0.25, 0.3) is 11.3 Å². The van der Waals surface area contributed by atoms with Crippen LogP contribution in [0.15, 0.2) is 30.3 Å². The summed E-state index contributed by atoms with van der Waals surface area (Å²) < 4.78 is 6.84. The fraction of sp³-hybridized carbons (Fsp3) is 0.286. The lowest BCUT2D eigenvalue weighted by Crippen LogP contribution is -2.04. The number of carboxylic acids is 1. The second-order valence-corrected chi connectivity index (χ2v) is 4.17. The third-order valence-corrected chi connectivity index (χ3v) is 2.82. The number of aromatic carboxylic acids is 1. The molecule has 0 bridgehead atoms. The van der Waals surface area contributed by atoms with Crippen LogP contribution in [0.1, 0.15) is 23.8 Å². The number of nitrogens with zero attached hydrogens (tertiary/aromatic N) is 2. The summed E-state index contributed by atoms with van der Waals surface area (Å²) in [4.78, 5) is 11.0. The van der Waals surface area contributed by atoms with Crippen molar-refractivity contribution in [2.24, 2.45) is 0 Å². The minimum Gasteiger partial charge on any atom is -0.497 e. The van der Waals surface area contributed by atoms with Crippen molar-refractivity contribution in [1.82, 2.24) is 9.78 Å². The number of aryl methyl sites for hydroxylation is 1. The molecule has 0 spiro atoms. The quantitative estimate of drug-likeness (QED) is 0.897. The van der Waals surface area contributed by atoms with Gasteiger partial charge in [0.15, 0.2) is 5.69 Å². The van der Waals surface area contributed by atoms with E-state index in [1.165, 1.54) is 0 Å². The molecule has 1 heterocycles. The molecule has 2 aromatic rings. The molecule has 0 unspecified atom stereocenters. The van der Waals surface area contributed by atoms with E-state index in [1.54, 1.807) is 17.9 Å². The van der Waals surface area contributed by atoms with Crippen LogP contribution in [-0.4, -0.2) is 28.0 Å². The summed E-state index contributed by atoms with van der Waals surface area (Å²) in [6.45, 7) is 2.72. The number of hydrogen-bond acceptors (Lipinski definition) is 3. The Hall–Kier alpha value is -2.30. The van der Waals surface area contributed by atoms with Gasteiger partial charge in [0, 0.05) is 12.1 Å². The lowest BCUT2D eigenvalue weighted by molar-refractivity contribution is 0.0689. The van der Waals surface area contributed by atoms with Crippen molar-refractivity contribution in [2.75, 3.05) is 7.11 Å². The van der Waals surface area contributed by atoms with Gasteiger partial charge in [0.1, 0.15) is 5.75 Å². The molecule has 0 aliphatic carbocycles. The molecule has 1 aromatic heterocycles. The zero-order valence-corrected chi connectivity index (χ0v) is 11.0. The highest BCUT2D eigenvalue weighted by Crippen LogP contribution is 2.23. The van der Waals surface area contributed by atoms with E-state index in [1.807, 2.05) is 31.2 Å². The topological polar surface area (TPSA) is 64.4 Å². The number of ether oxygens (including phenoxy) is 1. The van der Waals surface area contributed by atoms with E-state index in [0.717, 1.165) is 23.4 Å². The first-order valence-corrected chi connectivity index (χ1v) is 6.11. The molecule has 0 amide bonds. The summed E-state index contributed by atoms with van der Waals surface area (Å²) in [5.41, 5.74) is 1.80. The van der Waals surface area contributed by atoms with E-state index in [-0.39, 0.29) is 5.69 Å². The summed E-state index contributed by atoms with van der Waals surface area (Å²) >= 11 is 0. The highest BCUT2D eigenvalue weighted by molar-refractivity contribution is 5.87. The van der Waals surface area contributed by atoms with Gasteiger partial charge in [-0.2, -0.15) is 5.10 Å². The van der Waals surface area contributed by atoms with Crippen molar-refractivity contribution in [1.29, 1.82) is 0 Å². The lowest BCUT2D eigenvalue weighted by Gasteiger charge is -2.06. The van der Waals surface area contributed by atoms with E-state index < -0.39 is 5.97 Å². The van der Waals surface area contributed by atoms with Crippen molar-refractivity contribution in [2.45, 2.75) is 19.9 Å². The number of rotatable bonds is 5. The van der Waals surface area contributed by atoms with Crippen LogP contribution < -0.4 is 4.74 Å².